The van der Waals surface area contributed by atoms with E-state index in [9.17, 15) is 0 Å². The van der Waals surface area contributed by atoms with Crippen LogP contribution in [0, 0.1) is 5.41 Å². The Balaban J connectivity index is 0. The van der Waals surface area contributed by atoms with Crippen molar-refractivity contribution in [2.24, 2.45) is 0 Å². The first-order chi connectivity index (χ1) is 1.41. The summed E-state index contributed by atoms with van der Waals surface area (Å²) >= 11 is 0. The summed E-state index contributed by atoms with van der Waals surface area (Å²) < 4.78 is 0. The van der Waals surface area contributed by atoms with Gasteiger partial charge < -0.3 is 0 Å². The third-order valence-electron chi connectivity index (χ3n) is 0. The van der Waals surface area contributed by atoms with E-state index >= 15 is 0 Å². The standard InChI is InChI=1S/CHNO.Bi.3H/c2-1-3;;;;/h2H;;;;. The molecule has 0 aromatic rings. The second-order valence-corrected chi connectivity index (χ2v) is 0.102. The van der Waals surface area contributed by atoms with Gasteiger partial charge >= 0.3 is 26.2 Å². The number of nitrogens with one attached hydrogen (secondary N) is 1. The second kappa shape index (κ2) is 10.5. The number of hydrogen-bond acceptors (Lipinski definition) is 2. The van der Waals surface area contributed by atoms with Crippen LogP contribution in [0.15, 0.2) is 0 Å². The first-order valence-electron chi connectivity index (χ1n) is 0.454. The fourth-order valence-corrected chi connectivity index (χ4v) is 0. The Kier molecular flexibility index (Phi) is 23.2. The molecule has 0 atom stereocenters. The number of carbonyl (C=O) groups excluding carboxylic acids is 1. The van der Waals surface area contributed by atoms with Crippen LogP contribution in [-0.4, -0.2) is 32.3 Å². The van der Waals surface area contributed by atoms with Crippen LogP contribution in [-0.2, 0) is 4.79 Å². The molecular weight excluding hydrogens is 251 g/mol. The fourth-order valence-electron chi connectivity index (χ4n) is 0. The van der Waals surface area contributed by atoms with Crippen LogP contribution in [0.25, 0.3) is 0 Å². The van der Waals surface area contributed by atoms with E-state index in [1.54, 1.807) is 0 Å². The zero-order valence-electron chi connectivity index (χ0n) is 2.12. The van der Waals surface area contributed by atoms with Crippen molar-refractivity contribution in [1.82, 2.24) is 0 Å². The molecule has 0 aliphatic heterocycles. The van der Waals surface area contributed by atoms with Crippen molar-refractivity contribution in [3.8, 4) is 0 Å². The molecule has 0 saturated heterocycles. The number of rotatable bonds is 0. The van der Waals surface area contributed by atoms with Crippen LogP contribution in [0.5, 0.6) is 0 Å². The van der Waals surface area contributed by atoms with E-state index < -0.39 is 0 Å². The van der Waals surface area contributed by atoms with Gasteiger partial charge in [-0.05, 0) is 0 Å². The minimum atomic E-state index is 0. The van der Waals surface area contributed by atoms with Gasteiger partial charge in [0.25, 0.3) is 0 Å². The molecule has 0 aliphatic carbocycles. The van der Waals surface area contributed by atoms with Gasteiger partial charge in [0, 0.05) is 0 Å². The molecule has 24 valence electrons. The van der Waals surface area contributed by atoms with E-state index in [4.69, 9.17) is 10.2 Å². The van der Waals surface area contributed by atoms with E-state index in [1.165, 1.54) is 0 Å². The third-order valence-corrected chi connectivity index (χ3v) is 0. The molecule has 4 heavy (non-hydrogen) atoms. The summed E-state index contributed by atoms with van der Waals surface area (Å²) in [5.74, 6) is 0. The summed E-state index contributed by atoms with van der Waals surface area (Å²) in [4.78, 5) is 8.35. The van der Waals surface area contributed by atoms with Gasteiger partial charge in [-0.3, -0.25) is 0 Å². The molecule has 3 heteroatoms. The van der Waals surface area contributed by atoms with E-state index in [1.807, 2.05) is 0 Å². The van der Waals surface area contributed by atoms with Crippen LogP contribution >= 0.6 is 0 Å². The van der Waals surface area contributed by atoms with Gasteiger partial charge in [0.1, 0.15) is 0 Å². The molecule has 0 amide bonds. The van der Waals surface area contributed by atoms with Crippen molar-refractivity contribution in [3.05, 3.63) is 0 Å². The van der Waals surface area contributed by atoms with Crippen LogP contribution in [0.3, 0.4) is 0 Å². The molecule has 0 radical (unpaired) electrons. The van der Waals surface area contributed by atoms with Crippen molar-refractivity contribution in [1.29, 1.82) is 5.41 Å². The van der Waals surface area contributed by atoms with Crippen LogP contribution in [0.1, 0.15) is 0 Å². The molecule has 0 spiro atoms. The Labute approximate surface area is 42.8 Å². The first kappa shape index (κ1) is 8.86. The Morgan fingerprint density at radius 3 is 1.75 bits per heavy atom. The predicted octanol–water partition coefficient (Wildman–Crippen LogP) is -1.28. The van der Waals surface area contributed by atoms with Gasteiger partial charge in [-0.1, -0.05) is 0 Å². The Morgan fingerprint density at radius 1 is 1.75 bits per heavy atom. The summed E-state index contributed by atoms with van der Waals surface area (Å²) in [7, 11) is 0. The molecule has 0 aromatic carbocycles. The topological polar surface area (TPSA) is 40.9 Å². The van der Waals surface area contributed by atoms with Crippen molar-refractivity contribution in [2.75, 3.05) is 0 Å². The summed E-state index contributed by atoms with van der Waals surface area (Å²) in [6.45, 7) is 0. The molecule has 1 N–H and O–H groups in total. The molecular formula is CH4BiNO. The molecule has 0 aliphatic rings. The molecule has 2 nitrogen and oxygen atoms in total. The summed E-state index contributed by atoms with van der Waals surface area (Å²) in [5.41, 5.74) is 0. The maximum atomic E-state index is 8.35. The SMILES string of the molecule is N=C=O.[BiH3]. The van der Waals surface area contributed by atoms with E-state index in [0.717, 1.165) is 6.08 Å². The van der Waals surface area contributed by atoms with Gasteiger partial charge in [-0.15, -0.1) is 0 Å². The molecule has 0 saturated carbocycles. The minimum absolute atomic E-state index is 0. The number of hydrogen-bond donors (Lipinski definition) is 1. The maximum absolute atomic E-state index is 8.35. The van der Waals surface area contributed by atoms with Gasteiger partial charge in [0.15, 0.2) is 0 Å². The zero-order valence-corrected chi connectivity index (χ0v) is 7.61. The summed E-state index contributed by atoms with van der Waals surface area (Å²) in [6.07, 6.45) is 0.750. The first-order valence-corrected chi connectivity index (χ1v) is 0.454. The molecule has 0 fully saturated rings. The summed E-state index contributed by atoms with van der Waals surface area (Å²) in [5, 5.41) is 5.40. The third kappa shape index (κ3) is 52.2. The Hall–Kier alpha value is 0.263. The monoisotopic (exact) mass is 255 g/mol. The van der Waals surface area contributed by atoms with E-state index in [0.29, 0.717) is 0 Å². The van der Waals surface area contributed by atoms with Crippen molar-refractivity contribution < 1.29 is 4.79 Å². The second-order valence-electron chi connectivity index (χ2n) is 0.102. The average molecular weight is 255 g/mol. The Morgan fingerprint density at radius 2 is 1.75 bits per heavy atom. The molecule has 0 heterocycles. The van der Waals surface area contributed by atoms with Gasteiger partial charge in [0.2, 0.25) is 6.08 Å². The number of isocyanates is 1. The average Bonchev–Trinajstić information content (AvgIpc) is 0.918. The van der Waals surface area contributed by atoms with Crippen LogP contribution in [0.2, 0.25) is 0 Å². The Bertz CT molecular complexity index is 29.0. The predicted molar refractivity (Wildman–Crippen MR) is 18.4 cm³/mol. The van der Waals surface area contributed by atoms with Crippen molar-refractivity contribution >= 4 is 32.3 Å². The van der Waals surface area contributed by atoms with Crippen molar-refractivity contribution in [3.63, 3.8) is 0 Å². The van der Waals surface area contributed by atoms with Gasteiger partial charge in [-0.25, -0.2) is 10.2 Å². The quantitative estimate of drug-likeness (QED) is 0.327. The van der Waals surface area contributed by atoms with Gasteiger partial charge in [0.05, 0.1) is 0 Å². The molecule has 0 rings (SSSR count). The fraction of sp³-hybridized carbons (Fsp3) is 0. The molecule has 0 bridgehead atoms. The van der Waals surface area contributed by atoms with Crippen LogP contribution in [0.4, 0.5) is 0 Å². The molecule has 0 aromatic heterocycles. The van der Waals surface area contributed by atoms with Crippen molar-refractivity contribution in [2.45, 2.75) is 0 Å². The van der Waals surface area contributed by atoms with Crippen LogP contribution < -0.4 is 0 Å². The normalized spacial score (nSPS) is 2.00. The van der Waals surface area contributed by atoms with E-state index in [-0.39, 0.29) is 26.2 Å². The van der Waals surface area contributed by atoms with E-state index in [2.05, 4.69) is 0 Å². The summed E-state index contributed by atoms with van der Waals surface area (Å²) in [6, 6.07) is 0. The molecule has 0 unspecified atom stereocenters. The van der Waals surface area contributed by atoms with Gasteiger partial charge in [-0.2, -0.15) is 0 Å². The zero-order chi connectivity index (χ0) is 2.71.